The molecule has 2 aliphatic rings. The van der Waals surface area contributed by atoms with E-state index in [1.54, 1.807) is 6.07 Å². The predicted molar refractivity (Wildman–Crippen MR) is 98.2 cm³/mol. The Morgan fingerprint density at radius 3 is 3.12 bits per heavy atom. The third-order valence-corrected chi connectivity index (χ3v) is 5.85. The number of aryl methyl sites for hydroxylation is 1. The molecule has 0 radical (unpaired) electrons. The van der Waals surface area contributed by atoms with E-state index in [1.165, 1.54) is 6.07 Å². The highest BCUT2D eigenvalue weighted by Crippen LogP contribution is 2.24. The van der Waals surface area contributed by atoms with Gasteiger partial charge in [0.05, 0.1) is 0 Å². The van der Waals surface area contributed by atoms with Gasteiger partial charge < -0.3 is 15.5 Å². The van der Waals surface area contributed by atoms with E-state index in [4.69, 9.17) is 0 Å². The van der Waals surface area contributed by atoms with Gasteiger partial charge in [0.25, 0.3) is 0 Å². The molecule has 1 aromatic rings. The maximum atomic E-state index is 13.3. The minimum absolute atomic E-state index is 0.137. The number of nitrogens with one attached hydrogen (secondary N) is 2. The van der Waals surface area contributed by atoms with Gasteiger partial charge in [0.2, 0.25) is 5.91 Å². The van der Waals surface area contributed by atoms with Crippen LogP contribution in [0.25, 0.3) is 0 Å². The molecule has 0 aromatic heterocycles. The van der Waals surface area contributed by atoms with E-state index < -0.39 is 0 Å². The number of halogens is 1. The van der Waals surface area contributed by atoms with Crippen LogP contribution in [0.3, 0.4) is 0 Å². The van der Waals surface area contributed by atoms with Gasteiger partial charge in [0.15, 0.2) is 0 Å². The largest absolute Gasteiger partial charge is 0.369 e. The second kappa shape index (κ2) is 8.21. The Bertz CT molecular complexity index is 577. The first kappa shape index (κ1) is 17.5. The van der Waals surface area contributed by atoms with Crippen molar-refractivity contribution in [2.24, 2.45) is 0 Å². The van der Waals surface area contributed by atoms with Gasteiger partial charge in [0, 0.05) is 55.3 Å². The predicted octanol–water partition coefficient (Wildman–Crippen LogP) is 2.31. The molecule has 0 spiro atoms. The van der Waals surface area contributed by atoms with Crippen LogP contribution >= 0.6 is 11.8 Å². The molecule has 3 rings (SSSR count). The van der Waals surface area contributed by atoms with Gasteiger partial charge in [0.1, 0.15) is 5.82 Å². The van der Waals surface area contributed by atoms with Crippen molar-refractivity contribution in [3.63, 3.8) is 0 Å². The molecule has 24 heavy (non-hydrogen) atoms. The lowest BCUT2D eigenvalue weighted by atomic mass is 10.0. The van der Waals surface area contributed by atoms with Crippen LogP contribution in [0.2, 0.25) is 0 Å². The van der Waals surface area contributed by atoms with Crippen molar-refractivity contribution >= 4 is 23.4 Å². The van der Waals surface area contributed by atoms with Crippen LogP contribution in [0, 0.1) is 12.7 Å². The van der Waals surface area contributed by atoms with Crippen molar-refractivity contribution in [1.29, 1.82) is 0 Å². The van der Waals surface area contributed by atoms with Gasteiger partial charge >= 0.3 is 0 Å². The average molecular weight is 351 g/mol. The third-order valence-electron chi connectivity index (χ3n) is 4.72. The zero-order valence-electron chi connectivity index (χ0n) is 14.2. The fraction of sp³-hybridized carbons (Fsp3) is 0.611. The summed E-state index contributed by atoms with van der Waals surface area (Å²) in [6.07, 6.45) is 2.60. The summed E-state index contributed by atoms with van der Waals surface area (Å²) in [4.78, 5) is 14.6. The number of amides is 1. The number of anilines is 1. The molecular weight excluding hydrogens is 325 g/mol. The van der Waals surface area contributed by atoms with Crippen LogP contribution in [0.15, 0.2) is 18.2 Å². The SMILES string of the molecule is Cc1cc(F)ccc1N1CCCC(NC(=O)CC2CSCCN2)C1. The number of piperidine rings is 1. The number of hydrogen-bond acceptors (Lipinski definition) is 4. The van der Waals surface area contributed by atoms with Gasteiger partial charge in [-0.1, -0.05) is 0 Å². The molecule has 1 aromatic carbocycles. The smallest absolute Gasteiger partial charge is 0.221 e. The zero-order chi connectivity index (χ0) is 16.9. The molecule has 2 unspecified atom stereocenters. The van der Waals surface area contributed by atoms with Crippen molar-refractivity contribution in [1.82, 2.24) is 10.6 Å². The molecule has 0 bridgehead atoms. The van der Waals surface area contributed by atoms with Crippen molar-refractivity contribution in [2.75, 3.05) is 36.0 Å². The Hall–Kier alpha value is -1.27. The maximum Gasteiger partial charge on any atom is 0.221 e. The summed E-state index contributed by atoms with van der Waals surface area (Å²) >= 11 is 1.91. The van der Waals surface area contributed by atoms with Crippen LogP contribution in [0.5, 0.6) is 0 Å². The van der Waals surface area contributed by atoms with Crippen molar-refractivity contribution < 1.29 is 9.18 Å². The quantitative estimate of drug-likeness (QED) is 0.874. The highest BCUT2D eigenvalue weighted by molar-refractivity contribution is 7.99. The number of rotatable bonds is 4. The lowest BCUT2D eigenvalue weighted by Crippen LogP contribution is -2.49. The molecular formula is C18H26FN3OS. The molecule has 4 nitrogen and oxygen atoms in total. The molecule has 2 saturated heterocycles. The van der Waals surface area contributed by atoms with Crippen LogP contribution in [0.1, 0.15) is 24.8 Å². The molecule has 2 atom stereocenters. The first-order chi connectivity index (χ1) is 11.6. The fourth-order valence-electron chi connectivity index (χ4n) is 3.55. The molecule has 2 fully saturated rings. The number of thioether (sulfide) groups is 1. The van der Waals surface area contributed by atoms with Gasteiger partial charge in [-0.2, -0.15) is 11.8 Å². The summed E-state index contributed by atoms with van der Waals surface area (Å²) in [5, 5.41) is 6.60. The topological polar surface area (TPSA) is 44.4 Å². The van der Waals surface area contributed by atoms with Crippen LogP contribution in [-0.2, 0) is 4.79 Å². The molecule has 2 aliphatic heterocycles. The first-order valence-electron chi connectivity index (χ1n) is 8.73. The standard InChI is InChI=1S/C18H26FN3OS/c1-13-9-14(19)4-5-17(13)22-7-2-3-15(11-22)21-18(23)10-16-12-24-8-6-20-16/h4-5,9,15-16,20H,2-3,6-8,10-12H2,1H3,(H,21,23). The lowest BCUT2D eigenvalue weighted by molar-refractivity contribution is -0.122. The van der Waals surface area contributed by atoms with E-state index in [0.717, 1.165) is 55.2 Å². The second-order valence-corrected chi connectivity index (χ2v) is 7.86. The zero-order valence-corrected chi connectivity index (χ0v) is 15.0. The minimum atomic E-state index is -0.198. The molecule has 2 N–H and O–H groups in total. The van der Waals surface area contributed by atoms with Gasteiger partial charge in [-0.3, -0.25) is 4.79 Å². The average Bonchev–Trinajstić information content (AvgIpc) is 2.56. The summed E-state index contributed by atoms with van der Waals surface area (Å²) in [7, 11) is 0. The maximum absolute atomic E-state index is 13.3. The molecule has 132 valence electrons. The van der Waals surface area contributed by atoms with E-state index in [-0.39, 0.29) is 17.8 Å². The van der Waals surface area contributed by atoms with Crippen molar-refractivity contribution in [3.8, 4) is 0 Å². The fourth-order valence-corrected chi connectivity index (χ4v) is 4.50. The highest BCUT2D eigenvalue weighted by Gasteiger charge is 2.24. The number of nitrogens with zero attached hydrogens (tertiary/aromatic N) is 1. The van der Waals surface area contributed by atoms with Crippen LogP contribution < -0.4 is 15.5 Å². The van der Waals surface area contributed by atoms with E-state index in [0.29, 0.717) is 12.5 Å². The molecule has 0 saturated carbocycles. The third kappa shape index (κ3) is 4.63. The highest BCUT2D eigenvalue weighted by atomic mass is 32.2. The number of hydrogen-bond donors (Lipinski definition) is 2. The van der Waals surface area contributed by atoms with Crippen LogP contribution in [0.4, 0.5) is 10.1 Å². The van der Waals surface area contributed by atoms with Crippen LogP contribution in [-0.4, -0.2) is 49.1 Å². The Morgan fingerprint density at radius 1 is 1.50 bits per heavy atom. The second-order valence-electron chi connectivity index (χ2n) is 6.71. The lowest BCUT2D eigenvalue weighted by Gasteiger charge is -2.36. The monoisotopic (exact) mass is 351 g/mol. The normalized spacial score (nSPS) is 24.7. The summed E-state index contributed by atoms with van der Waals surface area (Å²) in [5.74, 6) is 2.08. The van der Waals surface area contributed by atoms with Gasteiger partial charge in [-0.05, 0) is 43.5 Å². The van der Waals surface area contributed by atoms with E-state index in [2.05, 4.69) is 15.5 Å². The van der Waals surface area contributed by atoms with E-state index >= 15 is 0 Å². The molecule has 1 amide bonds. The summed E-state index contributed by atoms with van der Waals surface area (Å²) < 4.78 is 13.3. The molecule has 6 heteroatoms. The molecule has 0 aliphatic carbocycles. The van der Waals surface area contributed by atoms with Crippen molar-refractivity contribution in [2.45, 2.75) is 38.3 Å². The Labute approximate surface area is 147 Å². The summed E-state index contributed by atoms with van der Waals surface area (Å²) in [5.41, 5.74) is 2.02. The Balaban J connectivity index is 1.54. The number of carbonyl (C=O) groups excluding carboxylic acids is 1. The Kier molecular flexibility index (Phi) is 6.00. The van der Waals surface area contributed by atoms with Gasteiger partial charge in [-0.25, -0.2) is 4.39 Å². The van der Waals surface area contributed by atoms with E-state index in [9.17, 15) is 9.18 Å². The van der Waals surface area contributed by atoms with Crippen molar-refractivity contribution in [3.05, 3.63) is 29.6 Å². The minimum Gasteiger partial charge on any atom is -0.369 e. The number of benzene rings is 1. The van der Waals surface area contributed by atoms with Gasteiger partial charge in [-0.15, -0.1) is 0 Å². The van der Waals surface area contributed by atoms with E-state index in [1.807, 2.05) is 24.8 Å². The molecule has 2 heterocycles. The summed E-state index contributed by atoms with van der Waals surface area (Å²) in [6.45, 7) is 4.68. The number of carbonyl (C=O) groups is 1. The Morgan fingerprint density at radius 2 is 2.38 bits per heavy atom. The summed E-state index contributed by atoms with van der Waals surface area (Å²) in [6, 6.07) is 5.40. The first-order valence-corrected chi connectivity index (χ1v) is 9.89.